The van der Waals surface area contributed by atoms with Gasteiger partial charge in [0.15, 0.2) is 5.43 Å². The van der Waals surface area contributed by atoms with E-state index in [-0.39, 0.29) is 28.0 Å². The Balaban J connectivity index is 2.32. The molecule has 1 aromatic heterocycles. The van der Waals surface area contributed by atoms with Crippen LogP contribution in [-0.4, -0.2) is 10.2 Å². The minimum Gasteiger partial charge on any atom is -0.508 e. The fraction of sp³-hybridized carbons (Fsp3) is 0. The molecule has 0 spiro atoms. The van der Waals surface area contributed by atoms with E-state index in [9.17, 15) is 23.8 Å². The maximum atomic E-state index is 13.3. The molecule has 2 N–H and O–H groups in total. The minimum atomic E-state index is -0.776. The van der Waals surface area contributed by atoms with E-state index in [4.69, 9.17) is 4.42 Å². The Kier molecular flexibility index (Phi) is 2.86. The van der Waals surface area contributed by atoms with Crippen molar-refractivity contribution in [3.63, 3.8) is 0 Å². The number of hydrogen-bond acceptors (Lipinski definition) is 4. The lowest BCUT2D eigenvalue weighted by Crippen LogP contribution is -2.01. The van der Waals surface area contributed by atoms with Gasteiger partial charge in [0.1, 0.15) is 39.9 Å². The van der Waals surface area contributed by atoms with Gasteiger partial charge in [-0.3, -0.25) is 4.79 Å². The van der Waals surface area contributed by atoms with Crippen LogP contribution in [0.2, 0.25) is 0 Å². The van der Waals surface area contributed by atoms with Crippen molar-refractivity contribution in [3.05, 3.63) is 58.3 Å². The zero-order valence-electron chi connectivity index (χ0n) is 10.4. The highest BCUT2D eigenvalue weighted by molar-refractivity contribution is 5.84. The second-order valence-corrected chi connectivity index (χ2v) is 4.47. The fourth-order valence-corrected chi connectivity index (χ4v) is 2.09. The molecule has 21 heavy (non-hydrogen) atoms. The number of benzene rings is 2. The Bertz CT molecular complexity index is 895. The number of fused-ring (bicyclic) bond motifs is 1. The van der Waals surface area contributed by atoms with Gasteiger partial charge >= 0.3 is 0 Å². The Morgan fingerprint density at radius 3 is 2.33 bits per heavy atom. The van der Waals surface area contributed by atoms with Gasteiger partial charge < -0.3 is 14.6 Å². The predicted molar refractivity (Wildman–Crippen MR) is 71.2 cm³/mol. The number of hydrogen-bond donors (Lipinski definition) is 2. The molecule has 1 heterocycles. The van der Waals surface area contributed by atoms with Crippen molar-refractivity contribution in [2.45, 2.75) is 0 Å². The summed E-state index contributed by atoms with van der Waals surface area (Å²) in [6, 6.07) is 5.93. The molecule has 3 aromatic rings. The average molecular weight is 290 g/mol. The van der Waals surface area contributed by atoms with Gasteiger partial charge in [-0.2, -0.15) is 0 Å². The Hall–Kier alpha value is -2.89. The standard InChI is InChI=1S/C15H8F2O4/c16-8-1-7(2-10(18)3-8)13-6-12(20)15-11(19)4-9(17)5-14(15)21-13/h1-6,18-19H. The maximum Gasteiger partial charge on any atom is 0.197 e. The third-order valence-corrected chi connectivity index (χ3v) is 2.94. The average Bonchev–Trinajstić information content (AvgIpc) is 2.35. The largest absolute Gasteiger partial charge is 0.508 e. The molecule has 0 radical (unpaired) electrons. The number of phenolic OH excluding ortho intramolecular Hbond substituents is 2. The summed E-state index contributed by atoms with van der Waals surface area (Å²) in [5, 5.41) is 18.8. The van der Waals surface area contributed by atoms with E-state index in [1.165, 1.54) is 6.07 Å². The molecular formula is C15H8F2O4. The minimum absolute atomic E-state index is 0.0488. The maximum absolute atomic E-state index is 13.3. The quantitative estimate of drug-likeness (QED) is 0.722. The van der Waals surface area contributed by atoms with Gasteiger partial charge in [0.2, 0.25) is 0 Å². The summed E-state index contributed by atoms with van der Waals surface area (Å²) >= 11 is 0. The molecule has 106 valence electrons. The van der Waals surface area contributed by atoms with E-state index in [1.807, 2.05) is 0 Å². The molecule has 0 fully saturated rings. The van der Waals surface area contributed by atoms with E-state index in [1.54, 1.807) is 0 Å². The van der Waals surface area contributed by atoms with Crippen LogP contribution >= 0.6 is 0 Å². The molecule has 3 rings (SSSR count). The first kappa shape index (κ1) is 13.1. The van der Waals surface area contributed by atoms with Gasteiger partial charge in [-0.15, -0.1) is 0 Å². The Labute approximate surface area is 116 Å². The zero-order valence-corrected chi connectivity index (χ0v) is 10.4. The van der Waals surface area contributed by atoms with Gasteiger partial charge in [-0.1, -0.05) is 0 Å². The lowest BCUT2D eigenvalue weighted by atomic mass is 10.1. The number of aromatic hydroxyl groups is 2. The van der Waals surface area contributed by atoms with Crippen molar-refractivity contribution < 1.29 is 23.4 Å². The lowest BCUT2D eigenvalue weighted by molar-refractivity contribution is 0.468. The molecule has 0 saturated carbocycles. The van der Waals surface area contributed by atoms with Crippen LogP contribution in [0.15, 0.2) is 45.6 Å². The topological polar surface area (TPSA) is 70.7 Å². The molecule has 0 aliphatic carbocycles. The van der Waals surface area contributed by atoms with Crippen LogP contribution in [0.1, 0.15) is 0 Å². The smallest absolute Gasteiger partial charge is 0.197 e. The van der Waals surface area contributed by atoms with Crippen LogP contribution in [0.4, 0.5) is 8.78 Å². The normalized spacial score (nSPS) is 11.0. The third kappa shape index (κ3) is 2.31. The monoisotopic (exact) mass is 290 g/mol. The SMILES string of the molecule is O=c1cc(-c2cc(O)cc(F)c2)oc2cc(F)cc(O)c12. The van der Waals surface area contributed by atoms with Crippen LogP contribution < -0.4 is 5.43 Å². The highest BCUT2D eigenvalue weighted by atomic mass is 19.1. The van der Waals surface area contributed by atoms with Crippen molar-refractivity contribution in [3.8, 4) is 22.8 Å². The highest BCUT2D eigenvalue weighted by Gasteiger charge is 2.13. The highest BCUT2D eigenvalue weighted by Crippen LogP contribution is 2.29. The van der Waals surface area contributed by atoms with Gasteiger partial charge in [0, 0.05) is 29.8 Å². The molecular weight excluding hydrogens is 282 g/mol. The second kappa shape index (κ2) is 4.59. The lowest BCUT2D eigenvalue weighted by Gasteiger charge is -2.05. The van der Waals surface area contributed by atoms with Crippen LogP contribution in [-0.2, 0) is 0 Å². The van der Waals surface area contributed by atoms with Gasteiger partial charge in [-0.05, 0) is 12.1 Å². The van der Waals surface area contributed by atoms with Crippen LogP contribution in [0.5, 0.6) is 11.5 Å². The molecule has 0 unspecified atom stereocenters. The summed E-state index contributed by atoms with van der Waals surface area (Å²) < 4.78 is 31.9. The molecule has 6 heteroatoms. The predicted octanol–water partition coefficient (Wildman–Crippen LogP) is 3.15. The summed E-state index contributed by atoms with van der Waals surface area (Å²) in [5.74, 6) is -2.41. The molecule has 2 aromatic carbocycles. The van der Waals surface area contributed by atoms with Gasteiger partial charge in [0.25, 0.3) is 0 Å². The van der Waals surface area contributed by atoms with E-state index >= 15 is 0 Å². The molecule has 0 saturated heterocycles. The summed E-state index contributed by atoms with van der Waals surface area (Å²) in [5.41, 5.74) is -0.651. The van der Waals surface area contributed by atoms with E-state index in [0.717, 1.165) is 30.3 Å². The Morgan fingerprint density at radius 1 is 0.905 bits per heavy atom. The number of halogens is 2. The molecule has 0 aliphatic heterocycles. The van der Waals surface area contributed by atoms with E-state index in [0.29, 0.717) is 0 Å². The molecule has 0 bridgehead atoms. The number of phenols is 2. The fourth-order valence-electron chi connectivity index (χ4n) is 2.09. The van der Waals surface area contributed by atoms with E-state index in [2.05, 4.69) is 0 Å². The van der Waals surface area contributed by atoms with Gasteiger partial charge in [0.05, 0.1) is 0 Å². The summed E-state index contributed by atoms with van der Waals surface area (Å²) in [6.07, 6.45) is 0. The van der Waals surface area contributed by atoms with Crippen LogP contribution in [0.3, 0.4) is 0 Å². The van der Waals surface area contributed by atoms with E-state index < -0.39 is 22.8 Å². The zero-order chi connectivity index (χ0) is 15.1. The van der Waals surface area contributed by atoms with Crippen molar-refractivity contribution in [2.24, 2.45) is 0 Å². The van der Waals surface area contributed by atoms with Crippen molar-refractivity contribution in [1.82, 2.24) is 0 Å². The first-order valence-corrected chi connectivity index (χ1v) is 5.90. The van der Waals surface area contributed by atoms with Crippen molar-refractivity contribution in [1.29, 1.82) is 0 Å². The van der Waals surface area contributed by atoms with Crippen molar-refractivity contribution in [2.75, 3.05) is 0 Å². The molecule has 0 atom stereocenters. The summed E-state index contributed by atoms with van der Waals surface area (Å²) in [4.78, 5) is 12.0. The second-order valence-electron chi connectivity index (χ2n) is 4.47. The van der Waals surface area contributed by atoms with Crippen molar-refractivity contribution >= 4 is 11.0 Å². The first-order valence-electron chi connectivity index (χ1n) is 5.90. The Morgan fingerprint density at radius 2 is 1.62 bits per heavy atom. The first-order chi connectivity index (χ1) is 9.94. The van der Waals surface area contributed by atoms with Crippen LogP contribution in [0, 0.1) is 11.6 Å². The third-order valence-electron chi connectivity index (χ3n) is 2.94. The van der Waals surface area contributed by atoms with Crippen LogP contribution in [0.25, 0.3) is 22.3 Å². The number of rotatable bonds is 1. The molecule has 0 aliphatic rings. The summed E-state index contributed by atoms with van der Waals surface area (Å²) in [6.45, 7) is 0. The molecule has 4 nitrogen and oxygen atoms in total. The molecule has 0 amide bonds. The van der Waals surface area contributed by atoms with Gasteiger partial charge in [-0.25, -0.2) is 8.78 Å². The summed E-state index contributed by atoms with van der Waals surface area (Å²) in [7, 11) is 0.